The van der Waals surface area contributed by atoms with Gasteiger partial charge in [0.25, 0.3) is 0 Å². The number of aryl methyl sites for hydroxylation is 1. The first-order valence-electron chi connectivity index (χ1n) is 6.63. The lowest BCUT2D eigenvalue weighted by molar-refractivity contribution is 0.414. The summed E-state index contributed by atoms with van der Waals surface area (Å²) >= 11 is 0. The molecule has 1 heterocycles. The van der Waals surface area contributed by atoms with Gasteiger partial charge in [-0.1, -0.05) is 19.1 Å². The molecular formula is C15H21N3O. The Hall–Kier alpha value is -1.97. The standard InChI is InChI=1S/C15H21N3O/c1-4-8-16-15-17-12(2)10-18(15)11-13-6-5-7-14(9-13)19-3/h5-7,9-10H,4,8,11H2,1-3H3,(H,16,17). The van der Waals surface area contributed by atoms with E-state index in [2.05, 4.69) is 40.1 Å². The summed E-state index contributed by atoms with van der Waals surface area (Å²) in [5, 5.41) is 3.35. The summed E-state index contributed by atoms with van der Waals surface area (Å²) in [4.78, 5) is 4.51. The van der Waals surface area contributed by atoms with Crippen molar-refractivity contribution < 1.29 is 4.74 Å². The van der Waals surface area contributed by atoms with E-state index in [0.717, 1.165) is 36.9 Å². The SMILES string of the molecule is CCCNc1nc(C)cn1Cc1cccc(OC)c1. The quantitative estimate of drug-likeness (QED) is 0.866. The molecule has 1 aromatic heterocycles. The fraction of sp³-hybridized carbons (Fsp3) is 0.400. The van der Waals surface area contributed by atoms with Gasteiger partial charge in [-0.15, -0.1) is 0 Å². The van der Waals surface area contributed by atoms with Gasteiger partial charge in [0.15, 0.2) is 0 Å². The van der Waals surface area contributed by atoms with E-state index in [1.165, 1.54) is 5.56 Å². The Morgan fingerprint density at radius 3 is 2.95 bits per heavy atom. The van der Waals surface area contributed by atoms with Crippen LogP contribution in [-0.4, -0.2) is 23.2 Å². The van der Waals surface area contributed by atoms with Crippen molar-refractivity contribution in [3.63, 3.8) is 0 Å². The van der Waals surface area contributed by atoms with Crippen LogP contribution in [0, 0.1) is 6.92 Å². The Kier molecular flexibility index (Phi) is 4.44. The third-order valence-electron chi connectivity index (χ3n) is 2.92. The normalized spacial score (nSPS) is 10.5. The molecule has 0 saturated carbocycles. The first kappa shape index (κ1) is 13.5. The van der Waals surface area contributed by atoms with Gasteiger partial charge in [-0.3, -0.25) is 0 Å². The molecule has 19 heavy (non-hydrogen) atoms. The molecule has 4 nitrogen and oxygen atoms in total. The molecule has 0 aliphatic rings. The number of benzene rings is 1. The molecule has 1 N–H and O–H groups in total. The van der Waals surface area contributed by atoms with Gasteiger partial charge in [0.1, 0.15) is 5.75 Å². The van der Waals surface area contributed by atoms with Crippen molar-refractivity contribution in [2.45, 2.75) is 26.8 Å². The molecule has 0 unspecified atom stereocenters. The lowest BCUT2D eigenvalue weighted by atomic mass is 10.2. The summed E-state index contributed by atoms with van der Waals surface area (Å²) in [6.45, 7) is 5.90. The molecule has 0 atom stereocenters. The zero-order chi connectivity index (χ0) is 13.7. The summed E-state index contributed by atoms with van der Waals surface area (Å²) in [6, 6.07) is 8.12. The van der Waals surface area contributed by atoms with Gasteiger partial charge in [-0.25, -0.2) is 4.98 Å². The van der Waals surface area contributed by atoms with E-state index in [9.17, 15) is 0 Å². The monoisotopic (exact) mass is 259 g/mol. The molecule has 0 aliphatic heterocycles. The summed E-state index contributed by atoms with van der Waals surface area (Å²) in [5.74, 6) is 1.82. The van der Waals surface area contributed by atoms with Crippen LogP contribution in [0.2, 0.25) is 0 Å². The predicted octanol–water partition coefficient (Wildman–Crippen LogP) is 3.07. The lowest BCUT2D eigenvalue weighted by Gasteiger charge is -2.10. The maximum atomic E-state index is 5.25. The number of hydrogen-bond donors (Lipinski definition) is 1. The first-order chi connectivity index (χ1) is 9.22. The number of nitrogens with one attached hydrogen (secondary N) is 1. The number of methoxy groups -OCH3 is 1. The van der Waals surface area contributed by atoms with Gasteiger partial charge in [0.05, 0.1) is 19.3 Å². The summed E-state index contributed by atoms with van der Waals surface area (Å²) in [7, 11) is 1.69. The van der Waals surface area contributed by atoms with E-state index < -0.39 is 0 Å². The molecule has 0 radical (unpaired) electrons. The minimum absolute atomic E-state index is 0.796. The average Bonchev–Trinajstić information content (AvgIpc) is 2.76. The van der Waals surface area contributed by atoms with Crippen LogP contribution in [0.25, 0.3) is 0 Å². The van der Waals surface area contributed by atoms with Crippen LogP contribution in [-0.2, 0) is 6.54 Å². The third kappa shape index (κ3) is 3.50. The van der Waals surface area contributed by atoms with Crippen LogP contribution in [0.1, 0.15) is 24.6 Å². The highest BCUT2D eigenvalue weighted by Crippen LogP contribution is 2.16. The first-order valence-corrected chi connectivity index (χ1v) is 6.63. The average molecular weight is 259 g/mol. The topological polar surface area (TPSA) is 39.1 Å². The Morgan fingerprint density at radius 2 is 2.21 bits per heavy atom. The fourth-order valence-corrected chi connectivity index (χ4v) is 2.01. The summed E-state index contributed by atoms with van der Waals surface area (Å²) < 4.78 is 7.39. The van der Waals surface area contributed by atoms with Gasteiger partial charge in [0, 0.05) is 12.7 Å². The Morgan fingerprint density at radius 1 is 1.37 bits per heavy atom. The number of imidazole rings is 1. The second-order valence-electron chi connectivity index (χ2n) is 4.61. The van der Waals surface area contributed by atoms with E-state index in [0.29, 0.717) is 0 Å². The number of hydrogen-bond acceptors (Lipinski definition) is 3. The summed E-state index contributed by atoms with van der Waals surface area (Å²) in [6.07, 6.45) is 3.16. The van der Waals surface area contributed by atoms with Crippen LogP contribution in [0.15, 0.2) is 30.5 Å². The molecular weight excluding hydrogens is 238 g/mol. The van der Waals surface area contributed by atoms with Gasteiger partial charge in [-0.2, -0.15) is 0 Å². The van der Waals surface area contributed by atoms with E-state index in [-0.39, 0.29) is 0 Å². The van der Waals surface area contributed by atoms with Gasteiger partial charge < -0.3 is 14.6 Å². The maximum absolute atomic E-state index is 5.25. The van der Waals surface area contributed by atoms with Crippen LogP contribution < -0.4 is 10.1 Å². The van der Waals surface area contributed by atoms with Crippen molar-refractivity contribution in [3.05, 3.63) is 41.7 Å². The summed E-state index contributed by atoms with van der Waals surface area (Å²) in [5.41, 5.74) is 2.23. The van der Waals surface area contributed by atoms with Crippen molar-refractivity contribution in [1.29, 1.82) is 0 Å². The fourth-order valence-electron chi connectivity index (χ4n) is 2.01. The van der Waals surface area contributed by atoms with Gasteiger partial charge in [0.2, 0.25) is 5.95 Å². The van der Waals surface area contributed by atoms with E-state index in [1.807, 2.05) is 19.1 Å². The van der Waals surface area contributed by atoms with Crippen molar-refractivity contribution in [2.24, 2.45) is 0 Å². The highest BCUT2D eigenvalue weighted by molar-refractivity contribution is 5.33. The van der Waals surface area contributed by atoms with Crippen LogP contribution in [0.3, 0.4) is 0 Å². The highest BCUT2D eigenvalue weighted by Gasteiger charge is 2.06. The molecule has 0 bridgehead atoms. The molecule has 2 rings (SSSR count). The third-order valence-corrected chi connectivity index (χ3v) is 2.92. The van der Waals surface area contributed by atoms with E-state index in [4.69, 9.17) is 4.74 Å². The molecule has 2 aromatic rings. The Bertz CT molecular complexity index is 534. The van der Waals surface area contributed by atoms with E-state index >= 15 is 0 Å². The molecule has 102 valence electrons. The Balaban J connectivity index is 2.17. The lowest BCUT2D eigenvalue weighted by Crippen LogP contribution is -2.08. The number of anilines is 1. The van der Waals surface area contributed by atoms with Crippen LogP contribution >= 0.6 is 0 Å². The number of rotatable bonds is 6. The number of ether oxygens (including phenoxy) is 1. The van der Waals surface area contributed by atoms with Gasteiger partial charge >= 0.3 is 0 Å². The Labute approximate surface area is 114 Å². The van der Waals surface area contributed by atoms with Crippen LogP contribution in [0.5, 0.6) is 5.75 Å². The zero-order valence-corrected chi connectivity index (χ0v) is 11.8. The second-order valence-corrected chi connectivity index (χ2v) is 4.61. The molecule has 0 aliphatic carbocycles. The minimum atomic E-state index is 0.796. The van der Waals surface area contributed by atoms with Crippen molar-refractivity contribution in [1.82, 2.24) is 9.55 Å². The van der Waals surface area contributed by atoms with Gasteiger partial charge in [-0.05, 0) is 31.0 Å². The molecule has 0 fully saturated rings. The second kappa shape index (κ2) is 6.27. The zero-order valence-electron chi connectivity index (χ0n) is 11.8. The maximum Gasteiger partial charge on any atom is 0.203 e. The van der Waals surface area contributed by atoms with E-state index in [1.54, 1.807) is 7.11 Å². The number of nitrogens with zero attached hydrogens (tertiary/aromatic N) is 2. The largest absolute Gasteiger partial charge is 0.497 e. The molecule has 0 amide bonds. The smallest absolute Gasteiger partial charge is 0.203 e. The van der Waals surface area contributed by atoms with Crippen molar-refractivity contribution in [2.75, 3.05) is 19.0 Å². The van der Waals surface area contributed by atoms with Crippen molar-refractivity contribution in [3.8, 4) is 5.75 Å². The molecule has 0 spiro atoms. The molecule has 0 saturated heterocycles. The predicted molar refractivity (Wildman–Crippen MR) is 77.8 cm³/mol. The number of aromatic nitrogens is 2. The molecule has 4 heteroatoms. The molecule has 1 aromatic carbocycles. The highest BCUT2D eigenvalue weighted by atomic mass is 16.5. The van der Waals surface area contributed by atoms with Crippen LogP contribution in [0.4, 0.5) is 5.95 Å². The minimum Gasteiger partial charge on any atom is -0.497 e. The van der Waals surface area contributed by atoms with Crippen molar-refractivity contribution >= 4 is 5.95 Å².